The number of hydrogen-bond acceptors (Lipinski definition) is 2. The molecule has 0 amide bonds. The zero-order valence-corrected chi connectivity index (χ0v) is 8.58. The summed E-state index contributed by atoms with van der Waals surface area (Å²) in [4.78, 5) is 10.4. The molecule has 0 aliphatic rings. The summed E-state index contributed by atoms with van der Waals surface area (Å²) in [5.41, 5.74) is -1.11. The van der Waals surface area contributed by atoms with Crippen molar-refractivity contribution in [3.63, 3.8) is 0 Å². The second-order valence-corrected chi connectivity index (χ2v) is 3.24. The Morgan fingerprint density at radius 2 is 2.00 bits per heavy atom. The molecule has 1 rings (SSSR count). The molecule has 0 aliphatic heterocycles. The average molecular weight is 252 g/mol. The number of carbonyl (C=O) groups is 1. The highest BCUT2D eigenvalue weighted by atomic mass is 19.4. The van der Waals surface area contributed by atoms with Crippen LogP contribution in [0.2, 0.25) is 0 Å². The zero-order chi connectivity index (χ0) is 13.2. The van der Waals surface area contributed by atoms with Crippen molar-refractivity contribution in [3.05, 3.63) is 29.6 Å². The molecule has 1 atom stereocenters. The van der Waals surface area contributed by atoms with Crippen molar-refractivity contribution in [2.24, 2.45) is 0 Å². The number of carboxylic acid groups (broad SMARTS) is 1. The van der Waals surface area contributed by atoms with Crippen LogP contribution in [-0.4, -0.2) is 17.2 Å². The minimum Gasteiger partial charge on any atom is -0.479 e. The zero-order valence-electron chi connectivity index (χ0n) is 8.58. The van der Waals surface area contributed by atoms with Crippen LogP contribution in [0.3, 0.4) is 0 Å². The SMILES string of the molecule is CC(Oc1cc(C(F)(F)F)ccc1F)C(=O)O. The number of hydrogen-bond donors (Lipinski definition) is 1. The second kappa shape index (κ2) is 4.60. The van der Waals surface area contributed by atoms with E-state index in [0.717, 1.165) is 6.92 Å². The minimum absolute atomic E-state index is 0.425. The molecule has 1 N–H and O–H groups in total. The molecule has 94 valence electrons. The Bertz CT molecular complexity index is 428. The molecule has 0 heterocycles. The molecule has 1 aromatic rings. The van der Waals surface area contributed by atoms with Crippen LogP contribution in [0, 0.1) is 5.82 Å². The number of halogens is 4. The number of rotatable bonds is 3. The maximum atomic E-state index is 13.1. The van der Waals surface area contributed by atoms with E-state index in [0.29, 0.717) is 18.2 Å². The van der Waals surface area contributed by atoms with Gasteiger partial charge in [0.1, 0.15) is 0 Å². The minimum atomic E-state index is -4.64. The van der Waals surface area contributed by atoms with Crippen molar-refractivity contribution in [1.82, 2.24) is 0 Å². The molecule has 0 saturated heterocycles. The fourth-order valence-corrected chi connectivity index (χ4v) is 1.01. The lowest BCUT2D eigenvalue weighted by Gasteiger charge is -2.13. The molecular weight excluding hydrogens is 244 g/mol. The number of ether oxygens (including phenoxy) is 1. The number of carboxylic acids is 1. The lowest BCUT2D eigenvalue weighted by atomic mass is 10.2. The van der Waals surface area contributed by atoms with E-state index in [9.17, 15) is 22.4 Å². The third kappa shape index (κ3) is 3.33. The third-order valence-electron chi connectivity index (χ3n) is 1.91. The molecule has 1 unspecified atom stereocenters. The Labute approximate surface area is 93.6 Å². The van der Waals surface area contributed by atoms with Crippen molar-refractivity contribution < 1.29 is 32.2 Å². The van der Waals surface area contributed by atoms with Gasteiger partial charge in [0.2, 0.25) is 0 Å². The summed E-state index contributed by atoms with van der Waals surface area (Å²) in [6, 6.07) is 1.55. The fraction of sp³-hybridized carbons (Fsp3) is 0.300. The van der Waals surface area contributed by atoms with Crippen molar-refractivity contribution >= 4 is 5.97 Å². The quantitative estimate of drug-likeness (QED) is 0.841. The van der Waals surface area contributed by atoms with E-state index in [4.69, 9.17) is 5.11 Å². The Balaban J connectivity index is 3.03. The Kier molecular flexibility index (Phi) is 3.59. The molecule has 7 heteroatoms. The van der Waals surface area contributed by atoms with E-state index < -0.39 is 35.4 Å². The van der Waals surface area contributed by atoms with E-state index in [1.54, 1.807) is 0 Å². The van der Waals surface area contributed by atoms with Crippen molar-refractivity contribution in [2.75, 3.05) is 0 Å². The molecule has 0 saturated carbocycles. The van der Waals surface area contributed by atoms with Crippen molar-refractivity contribution in [2.45, 2.75) is 19.2 Å². The maximum Gasteiger partial charge on any atom is 0.416 e. The number of aliphatic carboxylic acids is 1. The van der Waals surface area contributed by atoms with Crippen LogP contribution >= 0.6 is 0 Å². The summed E-state index contributed by atoms with van der Waals surface area (Å²) in [5, 5.41) is 8.49. The molecule has 0 aromatic heterocycles. The first-order valence-corrected chi connectivity index (χ1v) is 4.48. The van der Waals surface area contributed by atoms with Crippen molar-refractivity contribution in [3.8, 4) is 5.75 Å². The lowest BCUT2D eigenvalue weighted by molar-refractivity contribution is -0.144. The molecule has 1 aromatic carbocycles. The molecule has 0 radical (unpaired) electrons. The van der Waals surface area contributed by atoms with Crippen LogP contribution in [0.5, 0.6) is 5.75 Å². The van der Waals surface area contributed by atoms with Gasteiger partial charge in [0, 0.05) is 0 Å². The van der Waals surface area contributed by atoms with Gasteiger partial charge in [-0.2, -0.15) is 13.2 Å². The fourth-order valence-electron chi connectivity index (χ4n) is 1.01. The largest absolute Gasteiger partial charge is 0.479 e. The van der Waals surface area contributed by atoms with E-state index in [1.165, 1.54) is 0 Å². The normalized spacial score (nSPS) is 13.2. The molecule has 0 spiro atoms. The Morgan fingerprint density at radius 1 is 1.41 bits per heavy atom. The Hall–Kier alpha value is -1.79. The third-order valence-corrected chi connectivity index (χ3v) is 1.91. The van der Waals surface area contributed by atoms with Gasteiger partial charge < -0.3 is 9.84 Å². The lowest BCUT2D eigenvalue weighted by Crippen LogP contribution is -2.23. The highest BCUT2D eigenvalue weighted by Crippen LogP contribution is 2.32. The summed E-state index contributed by atoms with van der Waals surface area (Å²) in [6.45, 7) is 1.09. The number of alkyl halides is 3. The van der Waals surface area contributed by atoms with E-state index in [1.807, 2.05) is 0 Å². The summed E-state index contributed by atoms with van der Waals surface area (Å²) in [6.07, 6.45) is -6.08. The van der Waals surface area contributed by atoms with Gasteiger partial charge in [-0.05, 0) is 25.1 Å². The van der Waals surface area contributed by atoms with Gasteiger partial charge in [-0.25, -0.2) is 9.18 Å². The second-order valence-electron chi connectivity index (χ2n) is 3.24. The molecule has 0 bridgehead atoms. The van der Waals surface area contributed by atoms with Crippen LogP contribution in [0.1, 0.15) is 12.5 Å². The van der Waals surface area contributed by atoms with E-state index in [-0.39, 0.29) is 0 Å². The summed E-state index contributed by atoms with van der Waals surface area (Å²) >= 11 is 0. The first-order valence-electron chi connectivity index (χ1n) is 4.48. The molecular formula is C10H8F4O3. The van der Waals surface area contributed by atoms with Crippen LogP contribution in [0.4, 0.5) is 17.6 Å². The van der Waals surface area contributed by atoms with Crippen LogP contribution in [0.25, 0.3) is 0 Å². The first-order chi connectivity index (χ1) is 7.71. The number of benzene rings is 1. The first kappa shape index (κ1) is 13.3. The standard InChI is InChI=1S/C10H8F4O3/c1-5(9(15)16)17-8-4-6(10(12,13)14)2-3-7(8)11/h2-5H,1H3,(H,15,16). The van der Waals surface area contributed by atoms with Gasteiger partial charge in [-0.1, -0.05) is 0 Å². The predicted octanol–water partition coefficient (Wildman–Crippen LogP) is 2.70. The van der Waals surface area contributed by atoms with Gasteiger partial charge in [-0.3, -0.25) is 0 Å². The highest BCUT2D eigenvalue weighted by Gasteiger charge is 2.31. The topological polar surface area (TPSA) is 46.5 Å². The van der Waals surface area contributed by atoms with E-state index in [2.05, 4.69) is 4.74 Å². The summed E-state index contributed by atoms with van der Waals surface area (Å²) in [5.74, 6) is -3.19. The van der Waals surface area contributed by atoms with E-state index >= 15 is 0 Å². The molecule has 0 aliphatic carbocycles. The maximum absolute atomic E-state index is 13.1. The van der Waals surface area contributed by atoms with Gasteiger partial charge in [-0.15, -0.1) is 0 Å². The van der Waals surface area contributed by atoms with Crippen LogP contribution < -0.4 is 4.74 Å². The predicted molar refractivity (Wildman–Crippen MR) is 49.1 cm³/mol. The van der Waals surface area contributed by atoms with Gasteiger partial charge in [0.25, 0.3) is 0 Å². The monoisotopic (exact) mass is 252 g/mol. The van der Waals surface area contributed by atoms with Crippen LogP contribution in [0.15, 0.2) is 18.2 Å². The van der Waals surface area contributed by atoms with Crippen LogP contribution in [-0.2, 0) is 11.0 Å². The molecule has 17 heavy (non-hydrogen) atoms. The smallest absolute Gasteiger partial charge is 0.416 e. The Morgan fingerprint density at radius 3 is 2.47 bits per heavy atom. The average Bonchev–Trinajstić information content (AvgIpc) is 2.19. The summed E-state index contributed by atoms with van der Waals surface area (Å²) < 4.78 is 54.6. The molecule has 0 fully saturated rings. The van der Waals surface area contributed by atoms with Gasteiger partial charge in [0.05, 0.1) is 5.56 Å². The van der Waals surface area contributed by atoms with Crippen molar-refractivity contribution in [1.29, 1.82) is 0 Å². The highest BCUT2D eigenvalue weighted by molar-refractivity contribution is 5.72. The van der Waals surface area contributed by atoms with Gasteiger partial charge >= 0.3 is 12.1 Å². The molecule has 3 nitrogen and oxygen atoms in total. The van der Waals surface area contributed by atoms with Gasteiger partial charge in [0.15, 0.2) is 17.7 Å². The summed E-state index contributed by atoms with van der Waals surface area (Å²) in [7, 11) is 0.